The molecule has 1 aromatic heterocycles. The smallest absolute Gasteiger partial charge is 0.243 e. The number of aromatic nitrogens is 1. The summed E-state index contributed by atoms with van der Waals surface area (Å²) in [5.74, 6) is -1.52. The molecule has 0 aliphatic heterocycles. The van der Waals surface area contributed by atoms with E-state index in [1.165, 1.54) is 23.5 Å². The van der Waals surface area contributed by atoms with Gasteiger partial charge in [0.05, 0.1) is 6.04 Å². The molecule has 1 aromatic carbocycles. The Bertz CT molecular complexity index is 716. The van der Waals surface area contributed by atoms with Gasteiger partial charge < -0.3 is 11.1 Å². The van der Waals surface area contributed by atoms with E-state index in [0.717, 1.165) is 10.9 Å². The van der Waals surface area contributed by atoms with Crippen molar-refractivity contribution in [2.75, 3.05) is 5.32 Å². The zero-order valence-corrected chi connectivity index (χ0v) is 15.2. The molecule has 2 rings (SSSR count). The van der Waals surface area contributed by atoms with Gasteiger partial charge in [0.1, 0.15) is 11.6 Å². The largest absolute Gasteiger partial charge is 0.319 e. The molecule has 24 heavy (non-hydrogen) atoms. The van der Waals surface area contributed by atoms with Crippen molar-refractivity contribution >= 4 is 34.8 Å². The minimum absolute atomic E-state index is 0. The average molecular weight is 376 g/mol. The number of rotatable bonds is 4. The van der Waals surface area contributed by atoms with E-state index in [4.69, 9.17) is 5.73 Å². The van der Waals surface area contributed by atoms with E-state index in [1.54, 1.807) is 6.20 Å². The first-order valence-corrected chi connectivity index (χ1v) is 7.93. The topological polar surface area (TPSA) is 68.0 Å². The molecule has 2 aromatic rings. The van der Waals surface area contributed by atoms with Crippen LogP contribution in [0.1, 0.15) is 31.2 Å². The number of amides is 1. The third-order valence-corrected chi connectivity index (χ3v) is 4.29. The summed E-state index contributed by atoms with van der Waals surface area (Å²) in [7, 11) is 0. The number of carbonyl (C=O) groups excluding carboxylic acids is 1. The number of hydrogen-bond acceptors (Lipinski definition) is 4. The minimum Gasteiger partial charge on any atom is -0.319 e. The molecule has 1 atom stereocenters. The van der Waals surface area contributed by atoms with Crippen LogP contribution in [0.2, 0.25) is 0 Å². The predicted octanol–water partition coefficient (Wildman–Crippen LogP) is 3.75. The third-order valence-electron chi connectivity index (χ3n) is 3.38. The molecule has 4 nitrogen and oxygen atoms in total. The standard InChI is InChI=1S/C16H19F2N3OS.ClH/c1-16(2,3)13(19)14(22)21-15-20-8-11(23-15)6-9-4-5-10(17)7-12(9)18;/h4-5,7-8,13H,6,19H2,1-3H3,(H,20,21,22);1H/t13-;/m1./s1. The molecule has 0 spiro atoms. The van der Waals surface area contributed by atoms with Crippen LogP contribution in [0, 0.1) is 17.0 Å². The number of nitrogens with zero attached hydrogens (tertiary/aromatic N) is 1. The Morgan fingerprint density at radius 1 is 1.38 bits per heavy atom. The Labute approximate surface area is 149 Å². The zero-order valence-electron chi connectivity index (χ0n) is 13.6. The van der Waals surface area contributed by atoms with E-state index >= 15 is 0 Å². The van der Waals surface area contributed by atoms with Crippen LogP contribution in [0.15, 0.2) is 24.4 Å². The lowest BCUT2D eigenvalue weighted by atomic mass is 9.87. The van der Waals surface area contributed by atoms with Gasteiger partial charge in [-0.1, -0.05) is 26.8 Å². The van der Waals surface area contributed by atoms with Gasteiger partial charge in [0, 0.05) is 23.6 Å². The number of carbonyl (C=O) groups is 1. The molecule has 0 aliphatic carbocycles. The Morgan fingerprint density at radius 3 is 2.62 bits per heavy atom. The summed E-state index contributed by atoms with van der Waals surface area (Å²) >= 11 is 1.24. The van der Waals surface area contributed by atoms with Gasteiger partial charge in [-0.15, -0.1) is 23.7 Å². The summed E-state index contributed by atoms with van der Waals surface area (Å²) in [5, 5.41) is 3.08. The monoisotopic (exact) mass is 375 g/mol. The number of nitrogens with two attached hydrogens (primary N) is 1. The summed E-state index contributed by atoms with van der Waals surface area (Å²) in [4.78, 5) is 16.9. The quantitative estimate of drug-likeness (QED) is 0.855. The van der Waals surface area contributed by atoms with Crippen LogP contribution in [0.3, 0.4) is 0 Å². The molecule has 132 valence electrons. The van der Waals surface area contributed by atoms with E-state index in [-0.39, 0.29) is 30.2 Å². The Morgan fingerprint density at radius 2 is 2.04 bits per heavy atom. The normalized spacial score (nSPS) is 12.4. The van der Waals surface area contributed by atoms with Crippen molar-refractivity contribution in [3.8, 4) is 0 Å². The van der Waals surface area contributed by atoms with E-state index in [0.29, 0.717) is 10.7 Å². The van der Waals surface area contributed by atoms with Gasteiger partial charge >= 0.3 is 0 Å². The number of thiazole rings is 1. The van der Waals surface area contributed by atoms with Gasteiger partial charge in [-0.05, 0) is 17.0 Å². The summed E-state index contributed by atoms with van der Waals surface area (Å²) in [6, 6.07) is 2.80. The first-order valence-electron chi connectivity index (χ1n) is 7.12. The molecule has 0 bridgehead atoms. The average Bonchev–Trinajstić information content (AvgIpc) is 2.87. The number of hydrogen-bond donors (Lipinski definition) is 2. The van der Waals surface area contributed by atoms with Gasteiger partial charge in [-0.2, -0.15) is 0 Å². The first kappa shape index (κ1) is 20.5. The summed E-state index contributed by atoms with van der Waals surface area (Å²) < 4.78 is 26.5. The van der Waals surface area contributed by atoms with Gasteiger partial charge in [-0.25, -0.2) is 13.8 Å². The third kappa shape index (κ3) is 5.22. The van der Waals surface area contributed by atoms with Gasteiger partial charge in [0.25, 0.3) is 0 Å². The van der Waals surface area contributed by atoms with Crippen LogP contribution in [0.4, 0.5) is 13.9 Å². The van der Waals surface area contributed by atoms with Crippen molar-refractivity contribution in [1.29, 1.82) is 0 Å². The second-order valence-electron chi connectivity index (χ2n) is 6.38. The fourth-order valence-electron chi connectivity index (χ4n) is 1.88. The van der Waals surface area contributed by atoms with Gasteiger partial charge in [0.2, 0.25) is 5.91 Å². The zero-order chi connectivity index (χ0) is 17.2. The number of nitrogens with one attached hydrogen (secondary N) is 1. The van der Waals surface area contributed by atoms with Gasteiger partial charge in [-0.3, -0.25) is 4.79 Å². The van der Waals surface area contributed by atoms with E-state index < -0.39 is 17.7 Å². The molecule has 8 heteroatoms. The Kier molecular flexibility index (Phi) is 6.83. The predicted molar refractivity (Wildman–Crippen MR) is 94.6 cm³/mol. The molecule has 3 N–H and O–H groups in total. The fourth-order valence-corrected chi connectivity index (χ4v) is 2.71. The van der Waals surface area contributed by atoms with Crippen LogP contribution in [0.5, 0.6) is 0 Å². The summed E-state index contributed by atoms with van der Waals surface area (Å²) in [6.07, 6.45) is 1.84. The Hall–Kier alpha value is -1.57. The van der Waals surface area contributed by atoms with Crippen LogP contribution in [-0.4, -0.2) is 16.9 Å². The molecular formula is C16H20ClF2N3OS. The maximum atomic E-state index is 13.6. The van der Waals surface area contributed by atoms with Gasteiger partial charge in [0.15, 0.2) is 5.13 Å². The molecule has 0 fully saturated rings. The van der Waals surface area contributed by atoms with Crippen molar-refractivity contribution in [1.82, 2.24) is 4.98 Å². The van der Waals surface area contributed by atoms with Crippen molar-refractivity contribution in [2.24, 2.45) is 11.1 Å². The van der Waals surface area contributed by atoms with E-state index in [9.17, 15) is 13.6 Å². The molecule has 0 saturated heterocycles. The van der Waals surface area contributed by atoms with Crippen molar-refractivity contribution in [3.05, 3.63) is 46.5 Å². The highest BCUT2D eigenvalue weighted by molar-refractivity contribution is 7.15. The van der Waals surface area contributed by atoms with E-state index in [2.05, 4.69) is 10.3 Å². The van der Waals surface area contributed by atoms with E-state index in [1.807, 2.05) is 20.8 Å². The molecule has 0 aliphatic rings. The highest BCUT2D eigenvalue weighted by Crippen LogP contribution is 2.24. The lowest BCUT2D eigenvalue weighted by Gasteiger charge is -2.25. The molecular weight excluding hydrogens is 356 g/mol. The number of benzene rings is 1. The molecule has 0 unspecified atom stereocenters. The first-order chi connectivity index (χ1) is 10.7. The number of anilines is 1. The highest BCUT2D eigenvalue weighted by atomic mass is 35.5. The second-order valence-corrected chi connectivity index (χ2v) is 7.49. The van der Waals surface area contributed by atoms with Crippen molar-refractivity contribution < 1.29 is 13.6 Å². The minimum atomic E-state index is -0.663. The lowest BCUT2D eigenvalue weighted by molar-refractivity contribution is -0.119. The molecule has 0 saturated carbocycles. The van der Waals surface area contributed by atoms with Crippen LogP contribution in [0.25, 0.3) is 0 Å². The maximum Gasteiger partial charge on any atom is 0.243 e. The molecule has 1 heterocycles. The number of halogens is 3. The Balaban J connectivity index is 0.00000288. The molecule has 0 radical (unpaired) electrons. The second kappa shape index (κ2) is 8.00. The highest BCUT2D eigenvalue weighted by Gasteiger charge is 2.28. The van der Waals surface area contributed by atoms with Crippen LogP contribution in [-0.2, 0) is 11.2 Å². The van der Waals surface area contributed by atoms with Crippen LogP contribution < -0.4 is 11.1 Å². The van der Waals surface area contributed by atoms with Crippen molar-refractivity contribution in [3.63, 3.8) is 0 Å². The van der Waals surface area contributed by atoms with Crippen LogP contribution >= 0.6 is 23.7 Å². The lowest BCUT2D eigenvalue weighted by Crippen LogP contribution is -2.45. The fraction of sp³-hybridized carbons (Fsp3) is 0.375. The maximum absolute atomic E-state index is 13.6. The summed E-state index contributed by atoms with van der Waals surface area (Å²) in [6.45, 7) is 5.63. The summed E-state index contributed by atoms with van der Waals surface area (Å²) in [5.41, 5.74) is 5.90. The van der Waals surface area contributed by atoms with Crippen molar-refractivity contribution in [2.45, 2.75) is 33.2 Å². The SMILES string of the molecule is CC(C)(C)[C@H](N)C(=O)Nc1ncc(Cc2ccc(F)cc2F)s1.Cl. The molecule has 1 amide bonds.